The van der Waals surface area contributed by atoms with Gasteiger partial charge in [0.25, 0.3) is 0 Å². The van der Waals surface area contributed by atoms with Gasteiger partial charge in [-0.25, -0.2) is 0 Å². The molecule has 3 atom stereocenters. The highest BCUT2D eigenvalue weighted by molar-refractivity contribution is 5.14. The lowest BCUT2D eigenvalue weighted by Gasteiger charge is -2.48. The molecule has 0 nitrogen and oxygen atoms in total. The van der Waals surface area contributed by atoms with E-state index in [0.717, 1.165) is 17.8 Å². The predicted octanol–water partition coefficient (Wildman–Crippen LogP) is 4.81. The summed E-state index contributed by atoms with van der Waals surface area (Å²) in [6, 6.07) is 0. The van der Waals surface area contributed by atoms with Crippen molar-refractivity contribution in [3.63, 3.8) is 0 Å². The summed E-state index contributed by atoms with van der Waals surface area (Å²) in [5.74, 6) is 2.75. The largest absolute Gasteiger partial charge is 0.0853 e. The van der Waals surface area contributed by atoms with Crippen LogP contribution in [0.25, 0.3) is 0 Å². The number of hydrogen-bond donors (Lipinski definition) is 0. The van der Waals surface area contributed by atoms with Crippen LogP contribution in [0.2, 0.25) is 0 Å². The average Bonchev–Trinajstić information content (AvgIpc) is 2.17. The van der Waals surface area contributed by atoms with E-state index in [9.17, 15) is 0 Å². The molecule has 15 heavy (non-hydrogen) atoms. The van der Waals surface area contributed by atoms with Crippen molar-refractivity contribution in [1.82, 2.24) is 0 Å². The third kappa shape index (κ3) is 2.00. The van der Waals surface area contributed by atoms with Crippen molar-refractivity contribution < 1.29 is 0 Å². The van der Waals surface area contributed by atoms with E-state index in [1.165, 1.54) is 32.1 Å². The van der Waals surface area contributed by atoms with Crippen LogP contribution < -0.4 is 0 Å². The lowest BCUT2D eigenvalue weighted by atomic mass is 9.57. The van der Waals surface area contributed by atoms with Crippen molar-refractivity contribution in [2.24, 2.45) is 23.2 Å². The van der Waals surface area contributed by atoms with Gasteiger partial charge in [0.05, 0.1) is 0 Å². The Labute approximate surface area is 95.1 Å². The van der Waals surface area contributed by atoms with Crippen molar-refractivity contribution >= 4 is 0 Å². The molecule has 0 aromatic rings. The Kier molecular flexibility index (Phi) is 2.96. The molecule has 1 fully saturated rings. The minimum Gasteiger partial charge on any atom is -0.0853 e. The van der Waals surface area contributed by atoms with E-state index in [1.807, 2.05) is 0 Å². The first-order valence-electron chi connectivity index (χ1n) is 6.69. The zero-order valence-corrected chi connectivity index (χ0v) is 10.8. The minimum absolute atomic E-state index is 0.643. The molecule has 2 aliphatic rings. The van der Waals surface area contributed by atoms with Crippen LogP contribution in [-0.4, -0.2) is 0 Å². The Hall–Kier alpha value is -0.260. The van der Waals surface area contributed by atoms with Crippen LogP contribution in [0.15, 0.2) is 11.6 Å². The normalized spacial score (nSPS) is 41.3. The van der Waals surface area contributed by atoms with Crippen molar-refractivity contribution in [1.29, 1.82) is 0 Å². The van der Waals surface area contributed by atoms with Crippen LogP contribution in [-0.2, 0) is 0 Å². The van der Waals surface area contributed by atoms with Crippen LogP contribution in [0.3, 0.4) is 0 Å². The monoisotopic (exact) mass is 206 g/mol. The van der Waals surface area contributed by atoms with E-state index in [2.05, 4.69) is 33.8 Å². The van der Waals surface area contributed by atoms with Crippen molar-refractivity contribution in [2.75, 3.05) is 0 Å². The molecule has 0 amide bonds. The van der Waals surface area contributed by atoms with Crippen molar-refractivity contribution in [2.45, 2.75) is 59.8 Å². The van der Waals surface area contributed by atoms with Crippen LogP contribution in [0.4, 0.5) is 0 Å². The molecule has 0 aliphatic heterocycles. The van der Waals surface area contributed by atoms with Gasteiger partial charge in [-0.15, -0.1) is 0 Å². The molecule has 0 aromatic carbocycles. The lowest BCUT2D eigenvalue weighted by Crippen LogP contribution is -2.38. The second-order valence-electron chi connectivity index (χ2n) is 6.47. The van der Waals surface area contributed by atoms with Crippen molar-refractivity contribution in [3.05, 3.63) is 11.6 Å². The highest BCUT2D eigenvalue weighted by atomic mass is 14.5. The highest BCUT2D eigenvalue weighted by Crippen LogP contribution is 2.52. The van der Waals surface area contributed by atoms with E-state index in [1.54, 1.807) is 5.57 Å². The molecule has 2 rings (SSSR count). The summed E-state index contributed by atoms with van der Waals surface area (Å²) in [5.41, 5.74) is 2.33. The van der Waals surface area contributed by atoms with Gasteiger partial charge >= 0.3 is 0 Å². The Bertz CT molecular complexity index is 261. The Balaban J connectivity index is 2.16. The van der Waals surface area contributed by atoms with Gasteiger partial charge in [0.15, 0.2) is 0 Å². The highest BCUT2D eigenvalue weighted by Gasteiger charge is 2.42. The van der Waals surface area contributed by atoms with Crippen molar-refractivity contribution in [3.8, 4) is 0 Å². The third-order valence-corrected chi connectivity index (χ3v) is 5.14. The molecule has 86 valence electrons. The number of hydrogen-bond acceptors (Lipinski definition) is 0. The summed E-state index contributed by atoms with van der Waals surface area (Å²) < 4.78 is 0. The van der Waals surface area contributed by atoms with Gasteiger partial charge < -0.3 is 0 Å². The number of allylic oxidation sites excluding steroid dienone is 2. The van der Waals surface area contributed by atoms with E-state index in [0.29, 0.717) is 5.41 Å². The smallest absolute Gasteiger partial charge is 0.0149 e. The first kappa shape index (κ1) is 11.2. The van der Waals surface area contributed by atoms with Crippen LogP contribution in [0.1, 0.15) is 59.8 Å². The molecule has 0 N–H and O–H groups in total. The SMILES string of the molecule is CC1=CCC[C@@]2(C)CC[C@@H](C(C)C)C[C@@H]12. The van der Waals surface area contributed by atoms with Crippen LogP contribution in [0, 0.1) is 23.2 Å². The average molecular weight is 206 g/mol. The summed E-state index contributed by atoms with van der Waals surface area (Å²) in [5, 5.41) is 0. The predicted molar refractivity (Wildman–Crippen MR) is 66.8 cm³/mol. The summed E-state index contributed by atoms with van der Waals surface area (Å²) in [4.78, 5) is 0. The van der Waals surface area contributed by atoms with Gasteiger partial charge in [0.1, 0.15) is 0 Å². The molecule has 2 aliphatic carbocycles. The third-order valence-electron chi connectivity index (χ3n) is 5.14. The number of rotatable bonds is 1. The first-order valence-corrected chi connectivity index (χ1v) is 6.69. The fourth-order valence-electron chi connectivity index (χ4n) is 3.81. The first-order chi connectivity index (χ1) is 7.03. The van der Waals surface area contributed by atoms with Crippen LogP contribution >= 0.6 is 0 Å². The Morgan fingerprint density at radius 2 is 2.07 bits per heavy atom. The maximum atomic E-state index is 2.53. The molecule has 1 saturated carbocycles. The quantitative estimate of drug-likeness (QED) is 0.540. The summed E-state index contributed by atoms with van der Waals surface area (Å²) >= 11 is 0. The molecule has 0 heteroatoms. The zero-order chi connectivity index (χ0) is 11.1. The second-order valence-corrected chi connectivity index (χ2v) is 6.47. The molecular weight excluding hydrogens is 180 g/mol. The molecule has 0 spiro atoms. The summed E-state index contributed by atoms with van der Waals surface area (Å²) in [6.07, 6.45) is 9.64. The fraction of sp³-hybridized carbons (Fsp3) is 0.867. The van der Waals surface area contributed by atoms with Gasteiger partial charge in [-0.1, -0.05) is 32.4 Å². The molecule has 0 radical (unpaired) electrons. The van der Waals surface area contributed by atoms with E-state index >= 15 is 0 Å². The zero-order valence-electron chi connectivity index (χ0n) is 10.8. The topological polar surface area (TPSA) is 0 Å². The lowest BCUT2D eigenvalue weighted by molar-refractivity contribution is 0.0706. The van der Waals surface area contributed by atoms with E-state index in [4.69, 9.17) is 0 Å². The molecule has 0 unspecified atom stereocenters. The van der Waals surface area contributed by atoms with Gasteiger partial charge in [-0.3, -0.25) is 0 Å². The maximum absolute atomic E-state index is 2.53. The second kappa shape index (κ2) is 3.96. The Morgan fingerprint density at radius 1 is 1.33 bits per heavy atom. The van der Waals surface area contributed by atoms with Gasteiger partial charge in [-0.2, -0.15) is 0 Å². The molecular formula is C15H26. The summed E-state index contributed by atoms with van der Waals surface area (Å²) in [7, 11) is 0. The standard InChI is InChI=1S/C15H26/c1-11(2)13-7-9-15(4)8-5-6-12(3)14(15)10-13/h6,11,13-14H,5,7-10H2,1-4H3/t13-,14+,15+/m1/s1. The van der Waals surface area contributed by atoms with Gasteiger partial charge in [0.2, 0.25) is 0 Å². The Morgan fingerprint density at radius 3 is 2.73 bits per heavy atom. The maximum Gasteiger partial charge on any atom is -0.0149 e. The molecule has 0 bridgehead atoms. The van der Waals surface area contributed by atoms with Gasteiger partial charge in [-0.05, 0) is 62.2 Å². The van der Waals surface area contributed by atoms with E-state index in [-0.39, 0.29) is 0 Å². The fourth-order valence-corrected chi connectivity index (χ4v) is 3.81. The van der Waals surface area contributed by atoms with Crippen LogP contribution in [0.5, 0.6) is 0 Å². The molecule has 0 aromatic heterocycles. The number of fused-ring (bicyclic) bond motifs is 1. The minimum atomic E-state index is 0.643. The van der Waals surface area contributed by atoms with Gasteiger partial charge in [0, 0.05) is 0 Å². The summed E-state index contributed by atoms with van der Waals surface area (Å²) in [6.45, 7) is 9.69. The van der Waals surface area contributed by atoms with E-state index < -0.39 is 0 Å². The molecule has 0 saturated heterocycles. The molecule has 0 heterocycles.